The zero-order chi connectivity index (χ0) is 20.9. The third-order valence-corrected chi connectivity index (χ3v) is 5.59. The Hall–Kier alpha value is -2.48. The van der Waals surface area contributed by atoms with Crippen molar-refractivity contribution in [2.24, 2.45) is 0 Å². The lowest BCUT2D eigenvalue weighted by Gasteiger charge is -2.10. The van der Waals surface area contributed by atoms with E-state index in [1.165, 1.54) is 6.07 Å². The van der Waals surface area contributed by atoms with Gasteiger partial charge in [0.25, 0.3) is 0 Å². The Balaban J connectivity index is 1.60. The SMILES string of the molecule is O=S(=O)(Oc1cccc(CNCCc2cccc(Cl)c2)c1)c1ccc(F)cc1F. The molecule has 0 saturated heterocycles. The molecule has 0 aromatic heterocycles. The summed E-state index contributed by atoms with van der Waals surface area (Å²) >= 11 is 5.96. The first-order chi connectivity index (χ1) is 13.8. The molecular formula is C21H18ClF2NO3S. The molecule has 0 bridgehead atoms. The van der Waals surface area contributed by atoms with Crippen LogP contribution in [0.2, 0.25) is 5.02 Å². The fourth-order valence-electron chi connectivity index (χ4n) is 2.71. The molecule has 0 heterocycles. The van der Waals surface area contributed by atoms with Gasteiger partial charge in [-0.05, 0) is 60.5 Å². The van der Waals surface area contributed by atoms with Gasteiger partial charge in [-0.25, -0.2) is 8.78 Å². The lowest BCUT2D eigenvalue weighted by Crippen LogP contribution is -2.17. The summed E-state index contributed by atoms with van der Waals surface area (Å²) in [7, 11) is -4.42. The second-order valence-electron chi connectivity index (χ2n) is 6.32. The van der Waals surface area contributed by atoms with E-state index in [0.717, 1.165) is 29.7 Å². The van der Waals surface area contributed by atoms with Crippen LogP contribution in [0, 0.1) is 11.6 Å². The van der Waals surface area contributed by atoms with Crippen molar-refractivity contribution >= 4 is 21.7 Å². The lowest BCUT2D eigenvalue weighted by molar-refractivity contribution is 0.474. The van der Waals surface area contributed by atoms with Crippen LogP contribution in [0.15, 0.2) is 71.6 Å². The minimum atomic E-state index is -4.42. The van der Waals surface area contributed by atoms with E-state index in [-0.39, 0.29) is 5.75 Å². The van der Waals surface area contributed by atoms with Gasteiger partial charge in [0.05, 0.1) is 0 Å². The van der Waals surface area contributed by atoms with Gasteiger partial charge in [-0.15, -0.1) is 0 Å². The van der Waals surface area contributed by atoms with E-state index in [1.54, 1.807) is 12.1 Å². The van der Waals surface area contributed by atoms with Crippen LogP contribution in [0.4, 0.5) is 8.78 Å². The molecular weight excluding hydrogens is 420 g/mol. The zero-order valence-electron chi connectivity index (χ0n) is 15.2. The molecule has 0 aliphatic heterocycles. The summed E-state index contributed by atoms with van der Waals surface area (Å²) in [6, 6.07) is 16.2. The van der Waals surface area contributed by atoms with E-state index < -0.39 is 26.6 Å². The molecule has 1 N–H and O–H groups in total. The summed E-state index contributed by atoms with van der Waals surface area (Å²) in [5.41, 5.74) is 1.90. The van der Waals surface area contributed by atoms with Crippen molar-refractivity contribution in [1.29, 1.82) is 0 Å². The van der Waals surface area contributed by atoms with Crippen molar-refractivity contribution < 1.29 is 21.4 Å². The summed E-state index contributed by atoms with van der Waals surface area (Å²) in [6.07, 6.45) is 0.787. The van der Waals surface area contributed by atoms with Gasteiger partial charge in [-0.2, -0.15) is 8.42 Å². The van der Waals surface area contributed by atoms with Gasteiger partial charge in [0.1, 0.15) is 22.3 Å². The maximum atomic E-state index is 13.8. The normalized spacial score (nSPS) is 11.4. The molecule has 0 aliphatic carbocycles. The maximum Gasteiger partial charge on any atom is 0.342 e. The van der Waals surface area contributed by atoms with Crippen LogP contribution in [-0.4, -0.2) is 15.0 Å². The molecule has 0 radical (unpaired) electrons. The first kappa shape index (κ1) is 21.2. The molecule has 29 heavy (non-hydrogen) atoms. The van der Waals surface area contributed by atoms with Crippen molar-refractivity contribution in [2.45, 2.75) is 17.9 Å². The Kier molecular flexibility index (Phi) is 6.84. The molecule has 0 saturated carbocycles. The Morgan fingerprint density at radius 3 is 2.45 bits per heavy atom. The lowest BCUT2D eigenvalue weighted by atomic mass is 10.1. The Morgan fingerprint density at radius 2 is 1.69 bits per heavy atom. The molecule has 0 unspecified atom stereocenters. The largest absolute Gasteiger partial charge is 0.379 e. The molecule has 0 fully saturated rings. The smallest absolute Gasteiger partial charge is 0.342 e. The zero-order valence-corrected chi connectivity index (χ0v) is 16.8. The summed E-state index contributed by atoms with van der Waals surface area (Å²) in [5, 5.41) is 3.94. The van der Waals surface area contributed by atoms with E-state index in [0.29, 0.717) is 24.2 Å². The molecule has 0 atom stereocenters. The van der Waals surface area contributed by atoms with Crippen LogP contribution in [0.25, 0.3) is 0 Å². The van der Waals surface area contributed by atoms with Gasteiger partial charge in [0.15, 0.2) is 0 Å². The topological polar surface area (TPSA) is 55.4 Å². The molecule has 152 valence electrons. The molecule has 3 aromatic rings. The second-order valence-corrected chi connectivity index (χ2v) is 8.27. The number of rotatable bonds is 8. The van der Waals surface area contributed by atoms with E-state index in [2.05, 4.69) is 5.32 Å². The molecule has 0 amide bonds. The van der Waals surface area contributed by atoms with Crippen LogP contribution in [-0.2, 0) is 23.1 Å². The summed E-state index contributed by atoms with van der Waals surface area (Å²) in [5.74, 6) is -2.03. The van der Waals surface area contributed by atoms with E-state index in [9.17, 15) is 17.2 Å². The second kappa shape index (κ2) is 9.35. The van der Waals surface area contributed by atoms with E-state index >= 15 is 0 Å². The fraction of sp³-hybridized carbons (Fsp3) is 0.143. The highest BCUT2D eigenvalue weighted by atomic mass is 35.5. The van der Waals surface area contributed by atoms with Crippen molar-refractivity contribution in [3.05, 3.63) is 94.5 Å². The standard InChI is InChI=1S/C21H18ClF2NO3S/c22-17-5-1-3-15(11-17)9-10-25-14-16-4-2-6-19(12-16)28-29(26,27)21-8-7-18(23)13-20(21)24/h1-8,11-13,25H,9-10,14H2. The van der Waals surface area contributed by atoms with Gasteiger partial charge in [0, 0.05) is 17.6 Å². The molecule has 8 heteroatoms. The van der Waals surface area contributed by atoms with Crippen molar-refractivity contribution in [3.8, 4) is 5.75 Å². The third-order valence-electron chi connectivity index (χ3n) is 4.08. The molecule has 0 spiro atoms. The Labute approximate surface area is 173 Å². The Bertz CT molecular complexity index is 1110. The maximum absolute atomic E-state index is 13.8. The predicted molar refractivity (Wildman–Crippen MR) is 107 cm³/mol. The van der Waals surface area contributed by atoms with Crippen LogP contribution in [0.3, 0.4) is 0 Å². The Morgan fingerprint density at radius 1 is 0.931 bits per heavy atom. The first-order valence-corrected chi connectivity index (χ1v) is 10.6. The highest BCUT2D eigenvalue weighted by molar-refractivity contribution is 7.87. The monoisotopic (exact) mass is 437 g/mol. The number of benzene rings is 3. The molecule has 4 nitrogen and oxygen atoms in total. The quantitative estimate of drug-likeness (QED) is 0.409. The number of hydrogen-bond donors (Lipinski definition) is 1. The van der Waals surface area contributed by atoms with Gasteiger partial charge < -0.3 is 9.50 Å². The first-order valence-electron chi connectivity index (χ1n) is 8.77. The molecule has 0 aliphatic rings. The van der Waals surface area contributed by atoms with Gasteiger partial charge >= 0.3 is 10.1 Å². The van der Waals surface area contributed by atoms with Crippen molar-refractivity contribution in [3.63, 3.8) is 0 Å². The van der Waals surface area contributed by atoms with Crippen molar-refractivity contribution in [1.82, 2.24) is 5.32 Å². The molecule has 3 aromatic carbocycles. The van der Waals surface area contributed by atoms with Gasteiger partial charge in [0.2, 0.25) is 0 Å². The predicted octanol–water partition coefficient (Wildman–Crippen LogP) is 4.72. The van der Waals surface area contributed by atoms with Gasteiger partial charge in [-0.3, -0.25) is 0 Å². The minimum Gasteiger partial charge on any atom is -0.379 e. The van der Waals surface area contributed by atoms with Crippen molar-refractivity contribution in [2.75, 3.05) is 6.54 Å². The van der Waals surface area contributed by atoms with E-state index in [1.807, 2.05) is 30.3 Å². The third kappa shape index (κ3) is 6.00. The summed E-state index contributed by atoms with van der Waals surface area (Å²) < 4.78 is 56.3. The number of halogens is 3. The minimum absolute atomic E-state index is 0.0443. The van der Waals surface area contributed by atoms with Crippen LogP contribution >= 0.6 is 11.6 Å². The van der Waals surface area contributed by atoms with Gasteiger partial charge in [-0.1, -0.05) is 35.9 Å². The molecule has 3 rings (SSSR count). The highest BCUT2D eigenvalue weighted by Gasteiger charge is 2.22. The van der Waals surface area contributed by atoms with Crippen LogP contribution in [0.1, 0.15) is 11.1 Å². The highest BCUT2D eigenvalue weighted by Crippen LogP contribution is 2.22. The summed E-state index contributed by atoms with van der Waals surface area (Å²) in [4.78, 5) is -0.719. The fourth-order valence-corrected chi connectivity index (χ4v) is 3.91. The summed E-state index contributed by atoms with van der Waals surface area (Å²) in [6.45, 7) is 1.19. The van der Waals surface area contributed by atoms with E-state index in [4.69, 9.17) is 15.8 Å². The number of nitrogens with one attached hydrogen (secondary N) is 1. The van der Waals surface area contributed by atoms with Crippen LogP contribution in [0.5, 0.6) is 5.75 Å². The average molecular weight is 438 g/mol. The number of hydrogen-bond acceptors (Lipinski definition) is 4. The van der Waals surface area contributed by atoms with Crippen LogP contribution < -0.4 is 9.50 Å². The average Bonchev–Trinajstić information content (AvgIpc) is 2.65.